The minimum atomic E-state index is 0.332. The molecular formula is C14H23N3S. The number of aryl methyl sites for hydroxylation is 1. The molecule has 0 bridgehead atoms. The Labute approximate surface area is 114 Å². The molecule has 1 aliphatic heterocycles. The first-order valence-corrected chi connectivity index (χ1v) is 7.87. The van der Waals surface area contributed by atoms with Crippen molar-refractivity contribution in [2.45, 2.75) is 45.2 Å². The molecule has 1 N–H and O–H groups in total. The second-order valence-electron chi connectivity index (χ2n) is 6.09. The van der Waals surface area contributed by atoms with E-state index in [0.29, 0.717) is 11.6 Å². The Kier molecular flexibility index (Phi) is 3.20. The summed E-state index contributed by atoms with van der Waals surface area (Å²) in [5.74, 6) is 0.894. The van der Waals surface area contributed by atoms with Crippen molar-refractivity contribution in [3.05, 3.63) is 16.1 Å². The molecule has 2 atom stereocenters. The molecule has 1 saturated carbocycles. The average molecular weight is 265 g/mol. The minimum Gasteiger partial charge on any atom is -0.309 e. The van der Waals surface area contributed by atoms with Gasteiger partial charge >= 0.3 is 0 Å². The van der Waals surface area contributed by atoms with E-state index < -0.39 is 0 Å². The van der Waals surface area contributed by atoms with Crippen LogP contribution in [0.4, 0.5) is 0 Å². The first kappa shape index (κ1) is 12.6. The van der Waals surface area contributed by atoms with Crippen LogP contribution in [-0.2, 0) is 0 Å². The van der Waals surface area contributed by atoms with E-state index in [-0.39, 0.29) is 0 Å². The van der Waals surface area contributed by atoms with Crippen LogP contribution in [0.15, 0.2) is 5.38 Å². The number of hydrogen-bond donors (Lipinski definition) is 1. The molecule has 4 heteroatoms. The third kappa shape index (κ3) is 2.33. The van der Waals surface area contributed by atoms with E-state index >= 15 is 0 Å². The van der Waals surface area contributed by atoms with Crippen molar-refractivity contribution in [2.24, 2.45) is 5.92 Å². The summed E-state index contributed by atoms with van der Waals surface area (Å²) in [5.41, 5.74) is 1.49. The maximum atomic E-state index is 4.65. The highest BCUT2D eigenvalue weighted by Gasteiger charge is 2.44. The number of thiazole rings is 1. The molecule has 3 nitrogen and oxygen atoms in total. The largest absolute Gasteiger partial charge is 0.309 e. The van der Waals surface area contributed by atoms with Gasteiger partial charge in [-0.25, -0.2) is 4.98 Å². The van der Waals surface area contributed by atoms with E-state index in [4.69, 9.17) is 0 Å². The Morgan fingerprint density at radius 3 is 2.94 bits per heavy atom. The van der Waals surface area contributed by atoms with Crippen LogP contribution in [-0.4, -0.2) is 35.1 Å². The molecule has 100 valence electrons. The third-order valence-corrected chi connectivity index (χ3v) is 5.61. The van der Waals surface area contributed by atoms with Gasteiger partial charge in [0.2, 0.25) is 0 Å². The van der Waals surface area contributed by atoms with Gasteiger partial charge in [0.1, 0.15) is 5.01 Å². The zero-order valence-corrected chi connectivity index (χ0v) is 12.4. The van der Waals surface area contributed by atoms with Crippen molar-refractivity contribution in [3.8, 4) is 0 Å². The molecule has 3 rings (SSSR count). The predicted molar refractivity (Wildman–Crippen MR) is 76.0 cm³/mol. The molecule has 0 aromatic carbocycles. The predicted octanol–water partition coefficient (Wildman–Crippen LogP) is 2.59. The molecule has 2 heterocycles. The molecule has 1 aliphatic carbocycles. The first-order chi connectivity index (χ1) is 8.58. The Morgan fingerprint density at radius 1 is 1.56 bits per heavy atom. The quantitative estimate of drug-likeness (QED) is 0.910. The monoisotopic (exact) mass is 265 g/mol. The Bertz CT molecular complexity index is 426. The van der Waals surface area contributed by atoms with Crippen LogP contribution in [0.5, 0.6) is 0 Å². The summed E-state index contributed by atoms with van der Waals surface area (Å²) in [7, 11) is 0. The number of piperazine rings is 1. The highest BCUT2D eigenvalue weighted by molar-refractivity contribution is 7.09. The summed E-state index contributed by atoms with van der Waals surface area (Å²) in [6.45, 7) is 10.2. The average Bonchev–Trinajstić information content (AvgIpc) is 3.12. The van der Waals surface area contributed by atoms with Gasteiger partial charge in [0.25, 0.3) is 0 Å². The van der Waals surface area contributed by atoms with Crippen LogP contribution in [0.1, 0.15) is 43.4 Å². The van der Waals surface area contributed by atoms with Crippen LogP contribution in [0.3, 0.4) is 0 Å². The summed E-state index contributed by atoms with van der Waals surface area (Å²) in [6, 6.07) is 0.462. The summed E-state index contributed by atoms with van der Waals surface area (Å²) >= 11 is 1.80. The van der Waals surface area contributed by atoms with E-state index in [2.05, 4.69) is 41.4 Å². The van der Waals surface area contributed by atoms with Crippen LogP contribution >= 0.6 is 11.3 Å². The minimum absolute atomic E-state index is 0.332. The van der Waals surface area contributed by atoms with E-state index in [9.17, 15) is 0 Å². The van der Waals surface area contributed by atoms with E-state index in [1.54, 1.807) is 11.3 Å². The van der Waals surface area contributed by atoms with Gasteiger partial charge < -0.3 is 5.32 Å². The van der Waals surface area contributed by atoms with Crippen molar-refractivity contribution in [1.82, 2.24) is 15.2 Å². The van der Waals surface area contributed by atoms with Crippen molar-refractivity contribution in [3.63, 3.8) is 0 Å². The summed E-state index contributed by atoms with van der Waals surface area (Å²) < 4.78 is 0. The summed E-state index contributed by atoms with van der Waals surface area (Å²) in [4.78, 5) is 7.25. The van der Waals surface area contributed by atoms with Crippen molar-refractivity contribution >= 4 is 11.3 Å². The molecule has 18 heavy (non-hydrogen) atoms. The maximum Gasteiger partial charge on any atom is 0.110 e. The van der Waals surface area contributed by atoms with Gasteiger partial charge in [0, 0.05) is 36.2 Å². The van der Waals surface area contributed by atoms with E-state index in [1.165, 1.54) is 17.8 Å². The number of nitrogens with zero attached hydrogens (tertiary/aromatic N) is 2. The molecular weight excluding hydrogens is 242 g/mol. The van der Waals surface area contributed by atoms with Crippen LogP contribution in [0.25, 0.3) is 0 Å². The lowest BCUT2D eigenvalue weighted by molar-refractivity contribution is 0.0944. The first-order valence-electron chi connectivity index (χ1n) is 6.99. The van der Waals surface area contributed by atoms with Crippen molar-refractivity contribution in [1.29, 1.82) is 0 Å². The molecule has 1 aromatic rings. The lowest BCUT2D eigenvalue weighted by atomic mass is 9.92. The lowest BCUT2D eigenvalue weighted by Gasteiger charge is -2.44. The fourth-order valence-corrected chi connectivity index (χ4v) is 3.97. The molecule has 0 spiro atoms. The molecule has 2 fully saturated rings. The zero-order chi connectivity index (χ0) is 12.8. The zero-order valence-electron chi connectivity index (χ0n) is 11.6. The van der Waals surface area contributed by atoms with Gasteiger partial charge in [0.15, 0.2) is 0 Å². The fraction of sp³-hybridized carbons (Fsp3) is 0.786. The van der Waals surface area contributed by atoms with Gasteiger partial charge in [-0.15, -0.1) is 11.3 Å². The van der Waals surface area contributed by atoms with Crippen LogP contribution in [0.2, 0.25) is 0 Å². The topological polar surface area (TPSA) is 28.2 Å². The standard InChI is InChI=1S/C14H23N3S/c1-10-8-18-13(16-10)11(2)17-7-6-15-14(3,9-17)12-4-5-12/h8,11-12,15H,4-7,9H2,1-3H3. The summed E-state index contributed by atoms with van der Waals surface area (Å²) in [5, 5.41) is 7.17. The van der Waals surface area contributed by atoms with E-state index in [1.807, 2.05) is 0 Å². The van der Waals surface area contributed by atoms with Crippen molar-refractivity contribution < 1.29 is 0 Å². The maximum absolute atomic E-state index is 4.65. The van der Waals surface area contributed by atoms with E-state index in [0.717, 1.165) is 31.2 Å². The fourth-order valence-electron chi connectivity index (χ4n) is 3.09. The van der Waals surface area contributed by atoms with Crippen LogP contribution < -0.4 is 5.32 Å². The van der Waals surface area contributed by atoms with Gasteiger partial charge in [-0.1, -0.05) is 0 Å². The SMILES string of the molecule is Cc1csc(C(C)N2CCNC(C)(C3CC3)C2)n1. The van der Waals surface area contributed by atoms with Gasteiger partial charge in [-0.3, -0.25) is 4.90 Å². The summed E-state index contributed by atoms with van der Waals surface area (Å²) in [6.07, 6.45) is 2.81. The molecule has 2 aliphatic rings. The highest BCUT2D eigenvalue weighted by atomic mass is 32.1. The Balaban J connectivity index is 1.71. The Morgan fingerprint density at radius 2 is 2.33 bits per heavy atom. The molecule has 2 unspecified atom stereocenters. The van der Waals surface area contributed by atoms with Gasteiger partial charge in [0.05, 0.1) is 6.04 Å². The van der Waals surface area contributed by atoms with Crippen molar-refractivity contribution in [2.75, 3.05) is 19.6 Å². The lowest BCUT2D eigenvalue weighted by Crippen LogP contribution is -2.60. The smallest absolute Gasteiger partial charge is 0.110 e. The number of nitrogens with one attached hydrogen (secondary N) is 1. The molecule has 0 radical (unpaired) electrons. The second kappa shape index (κ2) is 4.58. The number of aromatic nitrogens is 1. The second-order valence-corrected chi connectivity index (χ2v) is 6.98. The number of hydrogen-bond acceptors (Lipinski definition) is 4. The van der Waals surface area contributed by atoms with Gasteiger partial charge in [-0.2, -0.15) is 0 Å². The Hall–Kier alpha value is -0.450. The van der Waals surface area contributed by atoms with Gasteiger partial charge in [-0.05, 0) is 39.5 Å². The molecule has 1 saturated heterocycles. The highest BCUT2D eigenvalue weighted by Crippen LogP contribution is 2.41. The molecule has 0 amide bonds. The van der Waals surface area contributed by atoms with Crippen LogP contribution in [0, 0.1) is 12.8 Å². The third-order valence-electron chi connectivity index (χ3n) is 4.48. The molecule has 1 aromatic heterocycles. The number of rotatable bonds is 3. The normalized spacial score (nSPS) is 31.5.